The van der Waals surface area contributed by atoms with Gasteiger partial charge in [-0.05, 0) is 77.0 Å². The van der Waals surface area contributed by atoms with Crippen LogP contribution in [0.4, 0.5) is 0 Å². The first kappa shape index (κ1) is 59.8. The van der Waals surface area contributed by atoms with E-state index in [9.17, 15) is 53.8 Å². The maximum atomic E-state index is 13.0. The molecule has 2 fully saturated rings. The first-order valence-electron chi connectivity index (χ1n) is 24.0. The Morgan fingerprint density at radius 1 is 0.561 bits per heavy atom. The summed E-state index contributed by atoms with van der Waals surface area (Å²) in [6.07, 6.45) is 26.4. The number of hydrogen-bond acceptors (Lipinski definition) is 14. The average molecular weight is 979 g/mol. The summed E-state index contributed by atoms with van der Waals surface area (Å²) >= 11 is 0. The van der Waals surface area contributed by atoms with E-state index in [4.69, 9.17) is 23.3 Å². The third kappa shape index (κ3) is 28.2. The van der Waals surface area contributed by atoms with Gasteiger partial charge in [0, 0.05) is 12.8 Å². The minimum Gasteiger partial charge on any atom is -0.462 e. The van der Waals surface area contributed by atoms with Gasteiger partial charge >= 0.3 is 27.6 Å². The van der Waals surface area contributed by atoms with E-state index in [-0.39, 0.29) is 12.8 Å². The van der Waals surface area contributed by atoms with E-state index < -0.39 is 83.5 Å². The Labute approximate surface area is 392 Å². The first-order chi connectivity index (χ1) is 31.6. The predicted octanol–water partition coefficient (Wildman–Crippen LogP) is 8.05. The molecule has 17 nitrogen and oxygen atoms in total. The van der Waals surface area contributed by atoms with Gasteiger partial charge in [-0.3, -0.25) is 23.2 Å². The van der Waals surface area contributed by atoms with Crippen LogP contribution in [-0.4, -0.2) is 115 Å². The number of phosphoric acid groups is 2. The summed E-state index contributed by atoms with van der Waals surface area (Å²) in [5.41, 5.74) is 0. The molecule has 0 spiro atoms. The molecule has 1 aliphatic carbocycles. The third-order valence-corrected chi connectivity index (χ3v) is 12.5. The van der Waals surface area contributed by atoms with Crippen LogP contribution in [0.1, 0.15) is 155 Å². The average Bonchev–Trinajstić information content (AvgIpc) is 4.03. The molecule has 1 heterocycles. The fourth-order valence-corrected chi connectivity index (χ4v) is 8.68. The number of phosphoric ester groups is 2. The van der Waals surface area contributed by atoms with Gasteiger partial charge in [0.05, 0.1) is 18.8 Å². The number of hydrogen-bond donors (Lipinski definition) is 7. The number of aliphatic hydroxyl groups is 4. The minimum atomic E-state index is -5.37. The third-order valence-electron chi connectivity index (χ3n) is 11.0. The Balaban J connectivity index is 1.82. The van der Waals surface area contributed by atoms with Crippen molar-refractivity contribution in [2.45, 2.75) is 210 Å². The van der Waals surface area contributed by atoms with Crippen molar-refractivity contribution in [1.29, 1.82) is 0 Å². The van der Waals surface area contributed by atoms with E-state index >= 15 is 0 Å². The fourth-order valence-electron chi connectivity index (χ4n) is 7.14. The second-order valence-corrected chi connectivity index (χ2v) is 19.5. The van der Waals surface area contributed by atoms with Crippen LogP contribution in [0, 0.1) is 0 Å². The molecule has 19 heteroatoms. The van der Waals surface area contributed by atoms with Crippen LogP contribution in [0.15, 0.2) is 60.8 Å². The van der Waals surface area contributed by atoms with Gasteiger partial charge < -0.3 is 49.3 Å². The van der Waals surface area contributed by atoms with Crippen LogP contribution in [0.25, 0.3) is 0 Å². The molecule has 66 heavy (non-hydrogen) atoms. The maximum absolute atomic E-state index is 13.0. The van der Waals surface area contributed by atoms with Gasteiger partial charge in [-0.1, -0.05) is 126 Å². The van der Waals surface area contributed by atoms with Gasteiger partial charge in [0.25, 0.3) is 0 Å². The van der Waals surface area contributed by atoms with Crippen molar-refractivity contribution >= 4 is 27.6 Å². The number of epoxide rings is 1. The Bertz CT molecular complexity index is 1580. The van der Waals surface area contributed by atoms with Gasteiger partial charge in [0.1, 0.15) is 43.2 Å². The molecular formula is C47H80O17P2. The zero-order chi connectivity index (χ0) is 48.6. The highest BCUT2D eigenvalue weighted by atomic mass is 31.2. The number of aliphatic hydroxyl groups excluding tert-OH is 4. The molecule has 0 radical (unpaired) electrons. The van der Waals surface area contributed by atoms with Crippen LogP contribution in [0.2, 0.25) is 0 Å². The molecular weight excluding hydrogens is 898 g/mol. The summed E-state index contributed by atoms with van der Waals surface area (Å²) in [6.45, 7) is 2.98. The largest absolute Gasteiger partial charge is 0.472 e. The second-order valence-electron chi connectivity index (χ2n) is 16.9. The monoisotopic (exact) mass is 978 g/mol. The molecule has 10 atom stereocenters. The lowest BCUT2D eigenvalue weighted by Crippen LogP contribution is -2.64. The quantitative estimate of drug-likeness (QED) is 0.0101. The molecule has 7 unspecified atom stereocenters. The zero-order valence-electron chi connectivity index (χ0n) is 39.0. The van der Waals surface area contributed by atoms with E-state index in [2.05, 4.69) is 67.0 Å². The summed E-state index contributed by atoms with van der Waals surface area (Å²) in [5.74, 6) is -1.30. The minimum absolute atomic E-state index is 0.0115. The van der Waals surface area contributed by atoms with Gasteiger partial charge in [-0.2, -0.15) is 0 Å². The molecule has 0 bridgehead atoms. The lowest BCUT2D eigenvalue weighted by Gasteiger charge is -2.43. The zero-order valence-corrected chi connectivity index (χ0v) is 40.8. The number of allylic oxidation sites excluding steroid dienone is 9. The van der Waals surface area contributed by atoms with E-state index in [1.54, 1.807) is 0 Å². The normalized spacial score (nSPS) is 25.1. The van der Waals surface area contributed by atoms with Gasteiger partial charge in [0.15, 0.2) is 6.10 Å². The lowest BCUT2D eigenvalue weighted by molar-refractivity contribution is -0.216. The Morgan fingerprint density at radius 2 is 1.08 bits per heavy atom. The van der Waals surface area contributed by atoms with Gasteiger partial charge in [-0.25, -0.2) is 9.13 Å². The molecule has 0 aromatic rings. The van der Waals surface area contributed by atoms with Crippen LogP contribution >= 0.6 is 15.6 Å². The molecule has 2 rings (SSSR count). The molecule has 380 valence electrons. The number of rotatable bonds is 38. The Hall–Kier alpha value is -2.34. The predicted molar refractivity (Wildman–Crippen MR) is 250 cm³/mol. The van der Waals surface area contributed by atoms with Crippen LogP contribution in [0.5, 0.6) is 0 Å². The van der Waals surface area contributed by atoms with E-state index in [0.717, 1.165) is 70.6 Å². The highest BCUT2D eigenvalue weighted by Gasteiger charge is 2.54. The summed E-state index contributed by atoms with van der Waals surface area (Å²) in [5, 5.41) is 41.2. The Kier molecular flexibility index (Phi) is 31.6. The lowest BCUT2D eigenvalue weighted by atomic mass is 9.85. The fraction of sp³-hybridized carbons (Fsp3) is 0.745. The molecule has 1 saturated carbocycles. The van der Waals surface area contributed by atoms with Crippen molar-refractivity contribution in [2.24, 2.45) is 0 Å². The van der Waals surface area contributed by atoms with Crippen LogP contribution in [-0.2, 0) is 46.5 Å². The van der Waals surface area contributed by atoms with Gasteiger partial charge in [0.2, 0.25) is 0 Å². The highest BCUT2D eigenvalue weighted by Crippen LogP contribution is 2.49. The standard InChI is InChI=1S/C47H80O17P2/c1-3-5-7-8-9-10-11-12-13-14-15-20-23-26-30-34-41(49)61-37(36-60-66(57,58)64-47-44(52)42(50)43(51)46(45(47)53)63-65(54,55)56)35-59-40(48)33-29-25-22-19-17-16-18-21-24-28-32-39-38(62-39)31-27-6-4-2/h9-10,12-13,16,18-19,22,24,28,37-39,42-47,50-53H,3-8,11,14-15,17,20-21,23,25-27,29-36H2,1-2H3,(H,57,58)(H2,54,55,56)/b10-9-,13-12-,18-16-,22-19-,28-24-/t37-,38?,39?,42?,43?,44?,45?,46-,47+/m1/s1. The topological polar surface area (TPSA) is 269 Å². The summed E-state index contributed by atoms with van der Waals surface area (Å²) < 4.78 is 55.0. The number of carbonyl (C=O) groups is 2. The summed E-state index contributed by atoms with van der Waals surface area (Å²) in [7, 11) is -10.7. The second kappa shape index (κ2) is 34.9. The highest BCUT2D eigenvalue weighted by molar-refractivity contribution is 7.47. The molecule has 0 aromatic carbocycles. The van der Waals surface area contributed by atoms with Crippen LogP contribution < -0.4 is 0 Å². The smallest absolute Gasteiger partial charge is 0.462 e. The molecule has 0 amide bonds. The molecule has 1 aliphatic heterocycles. The summed E-state index contributed by atoms with van der Waals surface area (Å²) in [6, 6.07) is 0. The van der Waals surface area contributed by atoms with Gasteiger partial charge in [-0.15, -0.1) is 0 Å². The van der Waals surface area contributed by atoms with E-state index in [1.165, 1.54) is 38.5 Å². The molecule has 1 saturated heterocycles. The number of ether oxygens (including phenoxy) is 3. The number of carbonyl (C=O) groups excluding carboxylic acids is 2. The summed E-state index contributed by atoms with van der Waals surface area (Å²) in [4.78, 5) is 54.3. The maximum Gasteiger partial charge on any atom is 0.472 e. The van der Waals surface area contributed by atoms with Crippen molar-refractivity contribution in [1.82, 2.24) is 0 Å². The first-order valence-corrected chi connectivity index (χ1v) is 27.0. The van der Waals surface area contributed by atoms with E-state index in [0.29, 0.717) is 31.5 Å². The molecule has 2 aliphatic rings. The Morgan fingerprint density at radius 3 is 1.70 bits per heavy atom. The van der Waals surface area contributed by atoms with Crippen LogP contribution in [0.3, 0.4) is 0 Å². The van der Waals surface area contributed by atoms with Crippen molar-refractivity contribution in [2.75, 3.05) is 13.2 Å². The van der Waals surface area contributed by atoms with Crippen molar-refractivity contribution in [3.05, 3.63) is 60.8 Å². The number of esters is 2. The number of unbranched alkanes of at least 4 members (excludes halogenated alkanes) is 11. The molecule has 7 N–H and O–H groups in total. The van der Waals surface area contributed by atoms with E-state index in [1.807, 2.05) is 12.2 Å². The SMILES string of the molecule is CCCCC/C=C\C/C=C\CCCCCCCC(=O)O[C@H](COC(=O)CCC/C=C\C/C=C\C/C=C\CC1OC1CCCCC)COP(=O)(O)O[C@H]1C(O)C(O)C(O)[C@@H](OP(=O)(O)O)C1O. The van der Waals surface area contributed by atoms with Crippen molar-refractivity contribution in [3.63, 3.8) is 0 Å². The van der Waals surface area contributed by atoms with Crippen molar-refractivity contribution < 1.29 is 81.6 Å². The van der Waals surface area contributed by atoms with Crippen molar-refractivity contribution in [3.8, 4) is 0 Å². The molecule has 0 aromatic heterocycles.